The highest BCUT2D eigenvalue weighted by Gasteiger charge is 2.09. The Bertz CT molecular complexity index is 227. The van der Waals surface area contributed by atoms with Crippen LogP contribution in [0.2, 0.25) is 0 Å². The minimum Gasteiger partial charge on any atom is -0.396 e. The van der Waals surface area contributed by atoms with E-state index in [4.69, 9.17) is 10.2 Å². The summed E-state index contributed by atoms with van der Waals surface area (Å²) in [6.45, 7) is 2.91. The largest absolute Gasteiger partial charge is 0.396 e. The van der Waals surface area contributed by atoms with Crippen LogP contribution < -0.4 is 0 Å². The fourth-order valence-corrected chi connectivity index (χ4v) is 6.53. The first-order chi connectivity index (χ1) is 12.3. The molecule has 0 radical (unpaired) electrons. The van der Waals surface area contributed by atoms with Gasteiger partial charge in [-0.05, 0) is 30.3 Å². The van der Waals surface area contributed by atoms with E-state index in [1.807, 2.05) is 23.5 Å². The van der Waals surface area contributed by atoms with Crippen LogP contribution in [-0.4, -0.2) is 69.4 Å². The molecule has 0 saturated carbocycles. The van der Waals surface area contributed by atoms with E-state index in [-0.39, 0.29) is 0 Å². The minimum absolute atomic E-state index is 0.311. The monoisotopic (exact) mass is 428 g/mol. The van der Waals surface area contributed by atoms with Crippen LogP contribution in [0.5, 0.6) is 0 Å². The third kappa shape index (κ3) is 21.5. The highest BCUT2D eigenvalue weighted by molar-refractivity contribution is 8.03. The zero-order valence-electron chi connectivity index (χ0n) is 16.1. The molecular formula is C19H40O2S4. The number of unbranched alkanes of at least 4 members (excludes halogenated alkanes) is 3. The van der Waals surface area contributed by atoms with E-state index >= 15 is 0 Å². The number of thioether (sulfide) groups is 4. The molecule has 0 aromatic rings. The Labute approximate surface area is 173 Å². The van der Waals surface area contributed by atoms with Crippen molar-refractivity contribution in [3.8, 4) is 0 Å². The van der Waals surface area contributed by atoms with E-state index < -0.39 is 0 Å². The summed E-state index contributed by atoms with van der Waals surface area (Å²) >= 11 is 7.91. The summed E-state index contributed by atoms with van der Waals surface area (Å²) < 4.78 is 0. The van der Waals surface area contributed by atoms with Gasteiger partial charge < -0.3 is 10.2 Å². The quantitative estimate of drug-likeness (QED) is 0.243. The molecular weight excluding hydrogens is 388 g/mol. The molecule has 0 spiro atoms. The van der Waals surface area contributed by atoms with Crippen molar-refractivity contribution in [3.05, 3.63) is 0 Å². The molecule has 0 aromatic heterocycles. The molecule has 0 aliphatic heterocycles. The van der Waals surface area contributed by atoms with E-state index in [1.165, 1.54) is 79.5 Å². The second-order valence-corrected chi connectivity index (χ2v) is 11.1. The van der Waals surface area contributed by atoms with Crippen molar-refractivity contribution in [2.75, 3.05) is 59.2 Å². The average molecular weight is 429 g/mol. The van der Waals surface area contributed by atoms with Gasteiger partial charge in [0.25, 0.3) is 0 Å². The average Bonchev–Trinajstić information content (AvgIpc) is 2.63. The summed E-state index contributed by atoms with van der Waals surface area (Å²) in [5, 5.41) is 17.6. The first-order valence-electron chi connectivity index (χ1n) is 9.87. The van der Waals surface area contributed by atoms with Crippen LogP contribution in [0.25, 0.3) is 0 Å². The van der Waals surface area contributed by atoms with Gasteiger partial charge in [-0.3, -0.25) is 0 Å². The van der Waals surface area contributed by atoms with E-state index in [1.54, 1.807) is 0 Å². The second kappa shape index (κ2) is 23.4. The van der Waals surface area contributed by atoms with Gasteiger partial charge in [0.2, 0.25) is 0 Å². The third-order valence-electron chi connectivity index (χ3n) is 4.02. The molecule has 0 heterocycles. The minimum atomic E-state index is 0.311. The van der Waals surface area contributed by atoms with Crippen LogP contribution in [0.3, 0.4) is 0 Å². The van der Waals surface area contributed by atoms with E-state index in [0.29, 0.717) is 13.2 Å². The highest BCUT2D eigenvalue weighted by atomic mass is 32.2. The summed E-state index contributed by atoms with van der Waals surface area (Å²) in [4.78, 5) is 0. The zero-order chi connectivity index (χ0) is 18.4. The van der Waals surface area contributed by atoms with Crippen LogP contribution in [0.1, 0.15) is 51.9 Å². The molecule has 0 aliphatic carbocycles. The van der Waals surface area contributed by atoms with E-state index in [9.17, 15) is 0 Å². The van der Waals surface area contributed by atoms with Crippen molar-refractivity contribution in [2.24, 2.45) is 5.92 Å². The van der Waals surface area contributed by atoms with Crippen LogP contribution in [0, 0.1) is 5.92 Å². The van der Waals surface area contributed by atoms with Gasteiger partial charge in [0.1, 0.15) is 0 Å². The summed E-state index contributed by atoms with van der Waals surface area (Å²) in [6, 6.07) is 0. The van der Waals surface area contributed by atoms with E-state index in [0.717, 1.165) is 17.4 Å². The number of aliphatic hydroxyl groups is 2. The lowest BCUT2D eigenvalue weighted by molar-refractivity contribution is 0.322. The molecule has 0 unspecified atom stereocenters. The summed E-state index contributed by atoms with van der Waals surface area (Å²) in [5.74, 6) is 10.1. The van der Waals surface area contributed by atoms with E-state index in [2.05, 4.69) is 30.4 Å². The molecule has 0 amide bonds. The summed E-state index contributed by atoms with van der Waals surface area (Å²) in [6.07, 6.45) is 9.70. The van der Waals surface area contributed by atoms with Gasteiger partial charge in [0, 0.05) is 34.5 Å². The van der Waals surface area contributed by atoms with Crippen molar-refractivity contribution in [1.82, 2.24) is 0 Å². The maximum atomic E-state index is 8.78. The molecule has 2 N–H and O–H groups in total. The molecule has 2 nitrogen and oxygen atoms in total. The maximum Gasteiger partial charge on any atom is 0.0521 e. The lowest BCUT2D eigenvalue weighted by atomic mass is 9.96. The van der Waals surface area contributed by atoms with Gasteiger partial charge in [-0.15, -0.1) is 0 Å². The van der Waals surface area contributed by atoms with Gasteiger partial charge in [-0.1, -0.05) is 39.0 Å². The Kier molecular flexibility index (Phi) is 24.6. The van der Waals surface area contributed by atoms with Gasteiger partial charge in [-0.2, -0.15) is 47.0 Å². The normalized spacial score (nSPS) is 11.5. The van der Waals surface area contributed by atoms with Gasteiger partial charge >= 0.3 is 0 Å². The molecule has 0 bridgehead atoms. The Balaban J connectivity index is 3.71. The second-order valence-electron chi connectivity index (χ2n) is 6.19. The third-order valence-corrected chi connectivity index (χ3v) is 8.50. The molecule has 152 valence electrons. The number of hydrogen-bond acceptors (Lipinski definition) is 6. The lowest BCUT2D eigenvalue weighted by Gasteiger charge is -2.16. The molecule has 0 fully saturated rings. The number of aliphatic hydroxyl groups excluding tert-OH is 2. The smallest absolute Gasteiger partial charge is 0.0521 e. The van der Waals surface area contributed by atoms with Gasteiger partial charge in [0.15, 0.2) is 0 Å². The summed E-state index contributed by atoms with van der Waals surface area (Å²) in [7, 11) is 0. The Hall–Kier alpha value is 1.32. The fraction of sp³-hybridized carbons (Fsp3) is 1.00. The number of rotatable bonds is 21. The molecule has 0 rings (SSSR count). The molecule has 0 atom stereocenters. The first kappa shape index (κ1) is 26.3. The summed E-state index contributed by atoms with van der Waals surface area (Å²) in [5.41, 5.74) is 0. The Morgan fingerprint density at radius 1 is 0.560 bits per heavy atom. The van der Waals surface area contributed by atoms with Gasteiger partial charge in [-0.25, -0.2) is 0 Å². The lowest BCUT2D eigenvalue weighted by Crippen LogP contribution is -2.05. The molecule has 0 saturated heterocycles. The van der Waals surface area contributed by atoms with Crippen LogP contribution in [0.4, 0.5) is 0 Å². The standard InChI is InChI=1S/C19H40O2S4/c1-2-3-4-5-6-19(7-11-22-15-17-24-13-9-20)8-12-23-16-18-25-14-10-21/h19-21H,2-18H2,1H3. The predicted octanol–water partition coefficient (Wildman–Crippen LogP) is 5.27. The predicted molar refractivity (Wildman–Crippen MR) is 125 cm³/mol. The molecule has 6 heteroatoms. The topological polar surface area (TPSA) is 40.5 Å². The van der Waals surface area contributed by atoms with Crippen LogP contribution in [-0.2, 0) is 0 Å². The Morgan fingerprint density at radius 2 is 1.04 bits per heavy atom. The van der Waals surface area contributed by atoms with Gasteiger partial charge in [0.05, 0.1) is 13.2 Å². The van der Waals surface area contributed by atoms with Crippen molar-refractivity contribution in [1.29, 1.82) is 0 Å². The van der Waals surface area contributed by atoms with Crippen molar-refractivity contribution >= 4 is 47.0 Å². The van der Waals surface area contributed by atoms with Crippen molar-refractivity contribution in [2.45, 2.75) is 51.9 Å². The Morgan fingerprint density at radius 3 is 1.48 bits per heavy atom. The maximum absolute atomic E-state index is 8.78. The van der Waals surface area contributed by atoms with Crippen LogP contribution in [0.15, 0.2) is 0 Å². The molecule has 0 aliphatic rings. The fourth-order valence-electron chi connectivity index (χ4n) is 2.57. The highest BCUT2D eigenvalue weighted by Crippen LogP contribution is 2.23. The zero-order valence-corrected chi connectivity index (χ0v) is 19.4. The van der Waals surface area contributed by atoms with Crippen LogP contribution >= 0.6 is 47.0 Å². The van der Waals surface area contributed by atoms with Crippen molar-refractivity contribution in [3.63, 3.8) is 0 Å². The molecule has 0 aromatic carbocycles. The van der Waals surface area contributed by atoms with Crippen molar-refractivity contribution < 1.29 is 10.2 Å². The SMILES string of the molecule is CCCCCCC(CCSCCSCCO)CCSCCSCCO. The number of hydrogen-bond donors (Lipinski definition) is 2. The molecule has 25 heavy (non-hydrogen) atoms. The first-order valence-corrected chi connectivity index (χ1v) is 14.5.